The van der Waals surface area contributed by atoms with Gasteiger partial charge in [-0.3, -0.25) is 24.2 Å². The molecule has 2 aliphatic rings. The monoisotopic (exact) mass is 622 g/mol. The van der Waals surface area contributed by atoms with Gasteiger partial charge in [0.1, 0.15) is 12.2 Å². The number of benzene rings is 2. The number of aliphatic carboxylic acids is 1. The number of hydrogen-bond donors (Lipinski definition) is 3. The number of rotatable bonds is 5. The van der Waals surface area contributed by atoms with Gasteiger partial charge in [-0.2, -0.15) is 0 Å². The van der Waals surface area contributed by atoms with Crippen LogP contribution in [0, 0.1) is 17.6 Å². The second-order valence-electron chi connectivity index (χ2n) is 10.9. The molecule has 0 aliphatic carbocycles. The van der Waals surface area contributed by atoms with E-state index in [9.17, 15) is 28.0 Å². The number of halogens is 3. The summed E-state index contributed by atoms with van der Waals surface area (Å²) >= 11 is 5.88. The van der Waals surface area contributed by atoms with E-state index in [2.05, 4.69) is 15.6 Å². The van der Waals surface area contributed by atoms with Crippen molar-refractivity contribution in [3.8, 4) is 11.1 Å². The normalized spacial score (nSPS) is 18.7. The van der Waals surface area contributed by atoms with Crippen LogP contribution in [-0.4, -0.2) is 45.2 Å². The fourth-order valence-corrected chi connectivity index (χ4v) is 5.73. The number of nitrogens with one attached hydrogen (secondary N) is 2. The Hall–Kier alpha value is -4.64. The van der Waals surface area contributed by atoms with Crippen LogP contribution in [0.3, 0.4) is 0 Å². The van der Waals surface area contributed by atoms with Crippen LogP contribution in [0.25, 0.3) is 16.7 Å². The fourth-order valence-electron chi connectivity index (χ4n) is 5.57. The summed E-state index contributed by atoms with van der Waals surface area (Å²) in [6.07, 6.45) is 3.94. The summed E-state index contributed by atoms with van der Waals surface area (Å²) in [5.74, 6) is -4.72. The van der Waals surface area contributed by atoms with Crippen LogP contribution in [0.15, 0.2) is 54.7 Å². The Morgan fingerprint density at radius 1 is 1.14 bits per heavy atom. The van der Waals surface area contributed by atoms with Crippen LogP contribution in [0.1, 0.15) is 56.3 Å². The topological polar surface area (TPSA) is 129 Å². The maximum absolute atomic E-state index is 14.7. The van der Waals surface area contributed by atoms with E-state index in [1.807, 2.05) is 6.07 Å². The van der Waals surface area contributed by atoms with E-state index in [-0.39, 0.29) is 35.0 Å². The lowest BCUT2D eigenvalue weighted by molar-refractivity contribution is -0.139. The zero-order chi connectivity index (χ0) is 31.5. The first-order chi connectivity index (χ1) is 21.0. The number of hydrogen-bond acceptors (Lipinski definition) is 5. The number of aromatic nitrogens is 1. The number of amides is 3. The lowest BCUT2D eigenvalue weighted by Gasteiger charge is -2.34. The van der Waals surface area contributed by atoms with Gasteiger partial charge in [-0.05, 0) is 66.8 Å². The number of nitrogens with zero attached hydrogens (tertiary/aromatic N) is 2. The van der Waals surface area contributed by atoms with Gasteiger partial charge in [0.05, 0.1) is 28.0 Å². The molecule has 3 amide bonds. The van der Waals surface area contributed by atoms with Crippen molar-refractivity contribution in [3.05, 3.63) is 82.7 Å². The molecule has 2 bridgehead atoms. The van der Waals surface area contributed by atoms with Gasteiger partial charge in [-0.15, -0.1) is 0 Å². The summed E-state index contributed by atoms with van der Waals surface area (Å²) in [7, 11) is 0. The van der Waals surface area contributed by atoms with Gasteiger partial charge in [0, 0.05) is 36.0 Å². The summed E-state index contributed by atoms with van der Waals surface area (Å²) in [4.78, 5) is 55.8. The molecule has 3 aromatic rings. The molecule has 0 unspecified atom stereocenters. The molecular formula is C32H29ClF2N4O5. The van der Waals surface area contributed by atoms with Crippen LogP contribution in [0.4, 0.5) is 20.2 Å². The minimum absolute atomic E-state index is 0.193. The quantitative estimate of drug-likeness (QED) is 0.229. The van der Waals surface area contributed by atoms with E-state index < -0.39 is 47.8 Å². The number of pyridine rings is 1. The number of carbonyl (C=O) groups is 4. The van der Waals surface area contributed by atoms with Gasteiger partial charge in [-0.1, -0.05) is 31.0 Å². The van der Waals surface area contributed by atoms with Crippen LogP contribution in [-0.2, 0) is 19.2 Å². The predicted molar refractivity (Wildman–Crippen MR) is 161 cm³/mol. The molecule has 3 N–H and O–H groups in total. The van der Waals surface area contributed by atoms with Crippen molar-refractivity contribution in [1.29, 1.82) is 0 Å². The molecule has 2 aliphatic heterocycles. The molecule has 12 heteroatoms. The third kappa shape index (κ3) is 6.62. The first-order valence-corrected chi connectivity index (χ1v) is 14.5. The van der Waals surface area contributed by atoms with Crippen molar-refractivity contribution in [3.63, 3.8) is 0 Å². The minimum Gasteiger partial charge on any atom is -0.481 e. The summed E-state index contributed by atoms with van der Waals surface area (Å²) in [6, 6.07) is 10.2. The second-order valence-corrected chi connectivity index (χ2v) is 11.3. The van der Waals surface area contributed by atoms with E-state index in [1.165, 1.54) is 6.08 Å². The SMILES string of the molecule is C[C@@H]1CCC[C@H](N2CCC(c3c(F)ccc(Cl)c3F)=CC2=O)c2cc(ccn2)-c2ccc(NC(=O)CC(=O)O)cc2NC1=O. The number of carbonyl (C=O) groups excluding carboxylic acids is 3. The van der Waals surface area contributed by atoms with Crippen molar-refractivity contribution in [2.45, 2.75) is 45.1 Å². The van der Waals surface area contributed by atoms with Crippen LogP contribution >= 0.6 is 11.6 Å². The molecule has 1 aromatic heterocycles. The Kier molecular flexibility index (Phi) is 9.05. The van der Waals surface area contributed by atoms with E-state index in [4.69, 9.17) is 16.7 Å². The van der Waals surface area contributed by atoms with Gasteiger partial charge in [0.15, 0.2) is 5.82 Å². The Morgan fingerprint density at radius 3 is 2.68 bits per heavy atom. The maximum atomic E-state index is 14.7. The highest BCUT2D eigenvalue weighted by Crippen LogP contribution is 2.38. The minimum atomic E-state index is -1.27. The van der Waals surface area contributed by atoms with Crippen LogP contribution in [0.2, 0.25) is 5.02 Å². The summed E-state index contributed by atoms with van der Waals surface area (Å²) < 4.78 is 29.3. The fraction of sp³-hybridized carbons (Fsp3) is 0.281. The van der Waals surface area contributed by atoms with Gasteiger partial charge in [0.2, 0.25) is 17.7 Å². The van der Waals surface area contributed by atoms with Crippen molar-refractivity contribution in [2.24, 2.45) is 5.92 Å². The molecular weight excluding hydrogens is 594 g/mol. The zero-order valence-corrected chi connectivity index (χ0v) is 24.5. The molecule has 228 valence electrons. The zero-order valence-electron chi connectivity index (χ0n) is 23.7. The van der Waals surface area contributed by atoms with E-state index in [0.717, 1.165) is 12.1 Å². The summed E-state index contributed by atoms with van der Waals surface area (Å²) in [5.41, 5.74) is 2.58. The van der Waals surface area contributed by atoms with E-state index >= 15 is 0 Å². The number of carboxylic acids is 1. The second kappa shape index (κ2) is 12.9. The van der Waals surface area contributed by atoms with Gasteiger partial charge in [0.25, 0.3) is 0 Å². The van der Waals surface area contributed by atoms with Crippen molar-refractivity contribution in [1.82, 2.24) is 9.88 Å². The molecule has 0 saturated heterocycles. The van der Waals surface area contributed by atoms with Gasteiger partial charge < -0.3 is 20.6 Å². The lowest BCUT2D eigenvalue weighted by atomic mass is 9.92. The Morgan fingerprint density at radius 2 is 1.93 bits per heavy atom. The van der Waals surface area contributed by atoms with Gasteiger partial charge >= 0.3 is 5.97 Å². The molecule has 0 radical (unpaired) electrons. The van der Waals surface area contributed by atoms with Crippen molar-refractivity contribution < 1.29 is 33.1 Å². The number of fused-ring (bicyclic) bond motifs is 4. The maximum Gasteiger partial charge on any atom is 0.312 e. The molecule has 0 fully saturated rings. The molecule has 0 spiro atoms. The Bertz CT molecular complexity index is 1700. The highest BCUT2D eigenvalue weighted by Gasteiger charge is 2.31. The predicted octanol–water partition coefficient (Wildman–Crippen LogP) is 6.21. The van der Waals surface area contributed by atoms with Crippen molar-refractivity contribution >= 4 is 52.2 Å². The largest absolute Gasteiger partial charge is 0.481 e. The molecule has 9 nitrogen and oxygen atoms in total. The van der Waals surface area contributed by atoms with Crippen LogP contribution < -0.4 is 10.6 Å². The highest BCUT2D eigenvalue weighted by molar-refractivity contribution is 6.31. The number of carboxylic acid groups (broad SMARTS) is 1. The summed E-state index contributed by atoms with van der Waals surface area (Å²) in [6.45, 7) is 1.99. The van der Waals surface area contributed by atoms with Gasteiger partial charge in [-0.25, -0.2) is 8.78 Å². The molecule has 3 heterocycles. The Balaban J connectivity index is 1.50. The van der Waals surface area contributed by atoms with Crippen LogP contribution in [0.5, 0.6) is 0 Å². The average Bonchev–Trinajstić information content (AvgIpc) is 2.97. The first kappa shape index (κ1) is 30.8. The average molecular weight is 623 g/mol. The standard InChI is InChI=1S/C32H29ClF2N4O5/c1-17-3-2-4-26(39-12-10-19(14-28(39)41)30-23(34)8-7-22(33)31(30)35)25-13-18(9-11-36-25)21-6-5-20(15-24(21)38-32(17)44)37-27(40)16-29(42)43/h5-9,11,13-15,17,26H,2-4,10,12,16H2,1H3,(H,37,40)(H,38,44)(H,42,43)/t17-,26+/m1/s1. The third-order valence-electron chi connectivity index (χ3n) is 7.81. The molecule has 0 saturated carbocycles. The summed E-state index contributed by atoms with van der Waals surface area (Å²) in [5, 5.41) is 14.2. The smallest absolute Gasteiger partial charge is 0.312 e. The highest BCUT2D eigenvalue weighted by atomic mass is 35.5. The lowest BCUT2D eigenvalue weighted by Crippen LogP contribution is -2.38. The number of anilines is 2. The van der Waals surface area contributed by atoms with E-state index in [1.54, 1.807) is 42.3 Å². The molecule has 44 heavy (non-hydrogen) atoms. The van der Waals surface area contributed by atoms with Crippen molar-refractivity contribution in [2.75, 3.05) is 17.2 Å². The molecule has 2 aromatic carbocycles. The molecule has 2 atom stereocenters. The molecule has 5 rings (SSSR count). The Labute approximate surface area is 256 Å². The van der Waals surface area contributed by atoms with E-state index in [0.29, 0.717) is 47.5 Å². The first-order valence-electron chi connectivity index (χ1n) is 14.1. The third-order valence-corrected chi connectivity index (χ3v) is 8.10.